The van der Waals surface area contributed by atoms with Gasteiger partial charge in [-0.15, -0.1) is 11.3 Å². The lowest BCUT2D eigenvalue weighted by molar-refractivity contribution is -0.119. The number of hydrogen-bond donors (Lipinski definition) is 2. The smallest absolute Gasteiger partial charge is 0.341 e. The van der Waals surface area contributed by atoms with Crippen LogP contribution in [0.5, 0.6) is 0 Å². The minimum absolute atomic E-state index is 0.155. The topological polar surface area (TPSA) is 116 Å². The lowest BCUT2D eigenvalue weighted by Gasteiger charge is -2.14. The normalized spacial score (nSPS) is 11.9. The molecule has 0 spiro atoms. The summed E-state index contributed by atoms with van der Waals surface area (Å²) in [4.78, 5) is 37.2. The molecule has 0 fully saturated rings. The van der Waals surface area contributed by atoms with E-state index in [2.05, 4.69) is 26.3 Å². The molecule has 152 valence electrons. The maximum atomic E-state index is 12.8. The molecule has 2 aromatic heterocycles. The molecule has 0 aliphatic rings. The molecule has 0 saturated carbocycles. The average Bonchev–Trinajstić information content (AvgIpc) is 3.10. The maximum Gasteiger partial charge on any atom is 0.341 e. The van der Waals surface area contributed by atoms with E-state index in [0.717, 1.165) is 27.2 Å². The first-order valence-electron chi connectivity index (χ1n) is 8.72. The van der Waals surface area contributed by atoms with E-state index >= 15 is 0 Å². The molecule has 0 saturated heterocycles. The molecule has 0 aliphatic heterocycles. The first-order valence-corrected chi connectivity index (χ1v) is 10.3. The molecule has 2 rings (SSSR count). The summed E-state index contributed by atoms with van der Waals surface area (Å²) in [7, 11) is 0. The van der Waals surface area contributed by atoms with E-state index in [1.807, 2.05) is 20.8 Å². The molecular formula is C18H23BrN4O4S. The van der Waals surface area contributed by atoms with Crippen LogP contribution in [0, 0.1) is 20.8 Å². The second kappa shape index (κ2) is 8.87. The number of thiophene rings is 1. The number of ether oxygens (including phenoxy) is 1. The van der Waals surface area contributed by atoms with Gasteiger partial charge in [-0.25, -0.2) is 4.79 Å². The molecule has 2 heterocycles. The van der Waals surface area contributed by atoms with Crippen LogP contribution >= 0.6 is 27.3 Å². The standard InChI is InChI=1S/C18H23BrN4O4S/c1-6-7-27-18(26)12-8(2)14(15(20)24)28-17(12)21-16(25)11(5)23-10(4)13(19)9(3)22-23/h11H,6-7H2,1-5H3,(H2,20,24)(H,21,25). The van der Waals surface area contributed by atoms with Crippen molar-refractivity contribution in [2.24, 2.45) is 5.73 Å². The van der Waals surface area contributed by atoms with E-state index in [0.29, 0.717) is 12.0 Å². The van der Waals surface area contributed by atoms with Crippen LogP contribution in [0.15, 0.2) is 4.47 Å². The monoisotopic (exact) mass is 470 g/mol. The number of carbonyl (C=O) groups excluding carboxylic acids is 3. The largest absolute Gasteiger partial charge is 0.462 e. The molecule has 8 nitrogen and oxygen atoms in total. The number of nitrogens with zero attached hydrogens (tertiary/aromatic N) is 2. The van der Waals surface area contributed by atoms with Gasteiger partial charge in [-0.05, 0) is 55.6 Å². The van der Waals surface area contributed by atoms with Gasteiger partial charge in [-0.3, -0.25) is 14.3 Å². The molecule has 1 unspecified atom stereocenters. The zero-order valence-corrected chi connectivity index (χ0v) is 18.8. The van der Waals surface area contributed by atoms with Gasteiger partial charge in [0, 0.05) is 0 Å². The SMILES string of the molecule is CCCOC(=O)c1c(NC(=O)C(C)n2nc(C)c(Br)c2C)sc(C(N)=O)c1C. The van der Waals surface area contributed by atoms with Gasteiger partial charge in [0.05, 0.1) is 32.9 Å². The van der Waals surface area contributed by atoms with Crippen molar-refractivity contribution in [2.45, 2.75) is 47.1 Å². The summed E-state index contributed by atoms with van der Waals surface area (Å²) in [6, 6.07) is -0.635. The van der Waals surface area contributed by atoms with Crippen molar-refractivity contribution < 1.29 is 19.1 Å². The number of carbonyl (C=O) groups is 3. The van der Waals surface area contributed by atoms with Crippen molar-refractivity contribution in [2.75, 3.05) is 11.9 Å². The fraction of sp³-hybridized carbons (Fsp3) is 0.444. The van der Waals surface area contributed by atoms with Crippen LogP contribution in [-0.4, -0.2) is 34.2 Å². The third-order valence-corrected chi connectivity index (χ3v) is 6.60. The van der Waals surface area contributed by atoms with Crippen molar-refractivity contribution in [3.05, 3.63) is 31.9 Å². The van der Waals surface area contributed by atoms with Crippen molar-refractivity contribution >= 4 is 50.1 Å². The highest BCUT2D eigenvalue weighted by Crippen LogP contribution is 2.34. The van der Waals surface area contributed by atoms with Crippen LogP contribution in [0.2, 0.25) is 0 Å². The Hall–Kier alpha value is -2.20. The number of nitrogens with one attached hydrogen (secondary N) is 1. The van der Waals surface area contributed by atoms with Crippen molar-refractivity contribution in [3.63, 3.8) is 0 Å². The number of aromatic nitrogens is 2. The van der Waals surface area contributed by atoms with Gasteiger partial charge >= 0.3 is 5.97 Å². The average molecular weight is 471 g/mol. The number of nitrogens with two attached hydrogens (primary N) is 1. The second-order valence-corrected chi connectivity index (χ2v) is 8.17. The zero-order chi connectivity index (χ0) is 21.2. The Labute approximate surface area is 175 Å². The Morgan fingerprint density at radius 3 is 2.46 bits per heavy atom. The van der Waals surface area contributed by atoms with Gasteiger partial charge in [0.15, 0.2) is 0 Å². The van der Waals surface area contributed by atoms with Crippen LogP contribution in [0.25, 0.3) is 0 Å². The summed E-state index contributed by atoms with van der Waals surface area (Å²) >= 11 is 4.41. The van der Waals surface area contributed by atoms with E-state index < -0.39 is 17.9 Å². The van der Waals surface area contributed by atoms with Gasteiger partial charge < -0.3 is 15.8 Å². The summed E-state index contributed by atoms with van der Waals surface area (Å²) in [5.74, 6) is -1.64. The highest BCUT2D eigenvalue weighted by molar-refractivity contribution is 9.10. The zero-order valence-electron chi connectivity index (χ0n) is 16.4. The van der Waals surface area contributed by atoms with Crippen LogP contribution in [0.3, 0.4) is 0 Å². The van der Waals surface area contributed by atoms with E-state index in [-0.39, 0.29) is 28.0 Å². The van der Waals surface area contributed by atoms with Crippen molar-refractivity contribution in [1.82, 2.24) is 9.78 Å². The van der Waals surface area contributed by atoms with Gasteiger partial charge in [-0.2, -0.15) is 5.10 Å². The Bertz CT molecular complexity index is 935. The maximum absolute atomic E-state index is 12.8. The summed E-state index contributed by atoms with van der Waals surface area (Å²) in [5.41, 5.74) is 7.53. The highest BCUT2D eigenvalue weighted by Gasteiger charge is 2.28. The quantitative estimate of drug-likeness (QED) is 0.600. The molecule has 0 aromatic carbocycles. The number of halogens is 1. The lowest BCUT2D eigenvalue weighted by Crippen LogP contribution is -2.25. The Kier molecular flexibility index (Phi) is 7.00. The van der Waals surface area contributed by atoms with Crippen LogP contribution in [0.1, 0.15) is 63.3 Å². The van der Waals surface area contributed by atoms with Gasteiger partial charge in [0.2, 0.25) is 5.91 Å². The number of amides is 2. The summed E-state index contributed by atoms with van der Waals surface area (Å²) in [6.07, 6.45) is 0.656. The molecule has 0 aliphatic carbocycles. The first kappa shape index (κ1) is 22.1. The van der Waals surface area contributed by atoms with Crippen LogP contribution in [0.4, 0.5) is 5.00 Å². The molecule has 0 bridgehead atoms. The molecule has 28 heavy (non-hydrogen) atoms. The first-order chi connectivity index (χ1) is 13.1. The van der Waals surface area contributed by atoms with Gasteiger partial charge in [0.1, 0.15) is 11.0 Å². The Balaban J connectivity index is 2.37. The number of aryl methyl sites for hydroxylation is 1. The third kappa shape index (κ3) is 4.27. The Morgan fingerprint density at radius 2 is 1.96 bits per heavy atom. The lowest BCUT2D eigenvalue weighted by atomic mass is 10.1. The summed E-state index contributed by atoms with van der Waals surface area (Å²) in [6.45, 7) is 9.11. The molecule has 10 heteroatoms. The molecule has 3 N–H and O–H groups in total. The van der Waals surface area contributed by atoms with Gasteiger partial charge in [0.25, 0.3) is 5.91 Å². The minimum atomic E-state index is -0.664. The second-order valence-electron chi connectivity index (χ2n) is 6.36. The molecule has 1 atom stereocenters. The van der Waals surface area contributed by atoms with Crippen LogP contribution in [-0.2, 0) is 9.53 Å². The predicted octanol–water partition coefficient (Wildman–Crippen LogP) is 3.50. The van der Waals surface area contributed by atoms with E-state index in [1.54, 1.807) is 18.5 Å². The minimum Gasteiger partial charge on any atom is -0.462 e. The number of hydrogen-bond acceptors (Lipinski definition) is 6. The number of primary amides is 1. The molecule has 2 aromatic rings. The fourth-order valence-corrected chi connectivity index (χ4v) is 4.01. The van der Waals surface area contributed by atoms with Crippen molar-refractivity contribution in [3.8, 4) is 0 Å². The van der Waals surface area contributed by atoms with E-state index in [1.165, 1.54) is 0 Å². The molecule has 2 amide bonds. The summed E-state index contributed by atoms with van der Waals surface area (Å²) < 4.78 is 7.63. The van der Waals surface area contributed by atoms with E-state index in [9.17, 15) is 14.4 Å². The summed E-state index contributed by atoms with van der Waals surface area (Å²) in [5, 5.41) is 7.34. The van der Waals surface area contributed by atoms with E-state index in [4.69, 9.17) is 10.5 Å². The molecular weight excluding hydrogens is 448 g/mol. The highest BCUT2D eigenvalue weighted by atomic mass is 79.9. The van der Waals surface area contributed by atoms with Crippen molar-refractivity contribution in [1.29, 1.82) is 0 Å². The molecule has 0 radical (unpaired) electrons. The Morgan fingerprint density at radius 1 is 1.32 bits per heavy atom. The fourth-order valence-electron chi connectivity index (χ4n) is 2.70. The number of rotatable bonds is 7. The number of anilines is 1. The number of esters is 1. The van der Waals surface area contributed by atoms with Gasteiger partial charge in [-0.1, -0.05) is 6.92 Å². The predicted molar refractivity (Wildman–Crippen MR) is 111 cm³/mol. The van der Waals surface area contributed by atoms with Crippen LogP contribution < -0.4 is 11.1 Å². The third-order valence-electron chi connectivity index (χ3n) is 4.23.